The van der Waals surface area contributed by atoms with Gasteiger partial charge in [0.15, 0.2) is 0 Å². The predicted molar refractivity (Wildman–Crippen MR) is 300 cm³/mol. The van der Waals surface area contributed by atoms with E-state index in [1.54, 1.807) is 6.08 Å². The van der Waals surface area contributed by atoms with Crippen molar-refractivity contribution in [3.8, 4) is 0 Å². The van der Waals surface area contributed by atoms with Gasteiger partial charge in [0.2, 0.25) is 5.91 Å². The van der Waals surface area contributed by atoms with Crippen LogP contribution in [0.2, 0.25) is 0 Å². The minimum absolute atomic E-state index is 0.0559. The molecule has 3 N–H and O–H groups in total. The standard InChI is InChI=1S/C60H117N2O6P/c1-6-8-10-12-14-16-18-20-22-24-26-27-28-29-30-31-32-33-34-35-36-37-39-41-43-45-47-49-51-53-59(63)58(57-68-69(65,66)67-56-55-62(3,4)5)61-60(64)54-52-50-48-46-44-42-40-38-25-23-21-19-17-15-13-11-9-7-2/h23,25,43,45,51,53,58-59,63H,6-22,24,26-42,44,46-50,52,54-57H2,1-5H3,(H-,61,64,65,66)/p+1/b25-23-,45-43+,53-51+. The van der Waals surface area contributed by atoms with Crippen LogP contribution in [-0.4, -0.2) is 73.4 Å². The molecule has 0 saturated heterocycles. The second kappa shape index (κ2) is 51.6. The number of amides is 1. The van der Waals surface area contributed by atoms with Crippen LogP contribution in [0, 0.1) is 0 Å². The minimum atomic E-state index is -4.36. The Hall–Kier alpha value is -1.28. The van der Waals surface area contributed by atoms with Crippen molar-refractivity contribution in [1.82, 2.24) is 5.32 Å². The fourth-order valence-corrected chi connectivity index (χ4v) is 9.61. The molecule has 0 aromatic heterocycles. The van der Waals surface area contributed by atoms with Crippen molar-refractivity contribution in [2.24, 2.45) is 0 Å². The maximum absolute atomic E-state index is 13.0. The molecule has 3 unspecified atom stereocenters. The summed E-state index contributed by atoms with van der Waals surface area (Å²) >= 11 is 0. The van der Waals surface area contributed by atoms with Gasteiger partial charge in [-0.05, 0) is 57.8 Å². The summed E-state index contributed by atoms with van der Waals surface area (Å²) < 4.78 is 23.7. The number of phosphoric ester groups is 1. The van der Waals surface area contributed by atoms with E-state index >= 15 is 0 Å². The number of nitrogens with one attached hydrogen (secondary N) is 1. The highest BCUT2D eigenvalue weighted by Gasteiger charge is 2.27. The number of aliphatic hydroxyl groups is 1. The molecule has 0 bridgehead atoms. The van der Waals surface area contributed by atoms with E-state index in [1.165, 1.54) is 231 Å². The van der Waals surface area contributed by atoms with Crippen molar-refractivity contribution in [3.05, 3.63) is 36.5 Å². The van der Waals surface area contributed by atoms with Gasteiger partial charge in [-0.2, -0.15) is 0 Å². The molecule has 1 amide bonds. The Kier molecular flexibility index (Phi) is 50.7. The molecule has 0 radical (unpaired) electrons. The normalized spacial score (nSPS) is 14.1. The first-order chi connectivity index (χ1) is 33.5. The molecule has 3 atom stereocenters. The Morgan fingerprint density at radius 3 is 1.16 bits per heavy atom. The number of hydrogen-bond acceptors (Lipinski definition) is 5. The number of phosphoric acid groups is 1. The number of quaternary nitrogens is 1. The molecule has 0 spiro atoms. The molecule has 69 heavy (non-hydrogen) atoms. The number of allylic oxidation sites excluding steroid dienone is 5. The lowest BCUT2D eigenvalue weighted by Crippen LogP contribution is -2.45. The monoisotopic (exact) mass is 994 g/mol. The van der Waals surface area contributed by atoms with Gasteiger partial charge < -0.3 is 19.8 Å². The third-order valence-electron chi connectivity index (χ3n) is 13.6. The average molecular weight is 995 g/mol. The van der Waals surface area contributed by atoms with Gasteiger partial charge in [0.1, 0.15) is 13.2 Å². The van der Waals surface area contributed by atoms with Crippen molar-refractivity contribution in [2.45, 2.75) is 302 Å². The van der Waals surface area contributed by atoms with Gasteiger partial charge in [-0.3, -0.25) is 13.8 Å². The molecule has 0 saturated carbocycles. The van der Waals surface area contributed by atoms with Crippen molar-refractivity contribution < 1.29 is 32.9 Å². The second-order valence-corrected chi connectivity index (χ2v) is 23.2. The van der Waals surface area contributed by atoms with Crippen molar-refractivity contribution in [2.75, 3.05) is 40.9 Å². The molecule has 0 aliphatic heterocycles. The van der Waals surface area contributed by atoms with Crippen LogP contribution in [0.1, 0.15) is 290 Å². The third-order valence-corrected chi connectivity index (χ3v) is 14.6. The molecular formula is C60H118N2O6P+. The number of carbonyl (C=O) groups is 1. The maximum Gasteiger partial charge on any atom is 0.472 e. The van der Waals surface area contributed by atoms with Crippen LogP contribution in [0.3, 0.4) is 0 Å². The van der Waals surface area contributed by atoms with Gasteiger partial charge >= 0.3 is 7.82 Å². The zero-order valence-electron chi connectivity index (χ0n) is 46.6. The Morgan fingerprint density at radius 2 is 0.797 bits per heavy atom. The number of aliphatic hydroxyl groups excluding tert-OH is 1. The summed E-state index contributed by atoms with van der Waals surface area (Å²) in [5.74, 6) is -0.188. The van der Waals surface area contributed by atoms with Crippen molar-refractivity contribution in [3.63, 3.8) is 0 Å². The fourth-order valence-electron chi connectivity index (χ4n) is 8.88. The number of likely N-dealkylation sites (N-methyl/N-ethyl adjacent to an activating group) is 1. The van der Waals surface area contributed by atoms with Crippen LogP contribution < -0.4 is 5.32 Å². The van der Waals surface area contributed by atoms with Crippen LogP contribution >= 0.6 is 7.82 Å². The summed E-state index contributed by atoms with van der Waals surface area (Å²) in [6.45, 7) is 4.82. The highest BCUT2D eigenvalue weighted by molar-refractivity contribution is 7.47. The topological polar surface area (TPSA) is 105 Å². The van der Waals surface area contributed by atoms with Gasteiger partial charge in [0.05, 0.1) is 39.9 Å². The molecule has 8 nitrogen and oxygen atoms in total. The number of carbonyl (C=O) groups excluding carboxylic acids is 1. The number of unbranched alkanes of at least 4 members (excludes halogenated alkanes) is 38. The Balaban J connectivity index is 4.19. The van der Waals surface area contributed by atoms with Crippen LogP contribution in [0.4, 0.5) is 0 Å². The fraction of sp³-hybridized carbons (Fsp3) is 0.883. The van der Waals surface area contributed by atoms with Crippen LogP contribution in [0.15, 0.2) is 36.5 Å². The lowest BCUT2D eigenvalue weighted by Gasteiger charge is -2.25. The quantitative estimate of drug-likeness (QED) is 0.0243. The Bertz CT molecular complexity index is 1220. The lowest BCUT2D eigenvalue weighted by molar-refractivity contribution is -0.870. The van der Waals surface area contributed by atoms with E-state index in [0.717, 1.165) is 38.5 Å². The van der Waals surface area contributed by atoms with Crippen LogP contribution in [0.25, 0.3) is 0 Å². The zero-order chi connectivity index (χ0) is 50.6. The summed E-state index contributed by atoms with van der Waals surface area (Å²) in [6.07, 6.45) is 66.9. The maximum atomic E-state index is 13.0. The highest BCUT2D eigenvalue weighted by atomic mass is 31.2. The van der Waals surface area contributed by atoms with E-state index in [9.17, 15) is 19.4 Å². The zero-order valence-corrected chi connectivity index (χ0v) is 47.5. The van der Waals surface area contributed by atoms with Gasteiger partial charge in [0, 0.05) is 6.42 Å². The van der Waals surface area contributed by atoms with Crippen molar-refractivity contribution in [1.29, 1.82) is 0 Å². The summed E-state index contributed by atoms with van der Waals surface area (Å²) in [7, 11) is 1.56. The molecule has 0 aliphatic rings. The molecule has 0 aromatic rings. The van der Waals surface area contributed by atoms with Gasteiger partial charge in [-0.1, -0.05) is 262 Å². The highest BCUT2D eigenvalue weighted by Crippen LogP contribution is 2.43. The van der Waals surface area contributed by atoms with Gasteiger partial charge in [-0.25, -0.2) is 4.57 Å². The van der Waals surface area contributed by atoms with Crippen LogP contribution in [0.5, 0.6) is 0 Å². The van der Waals surface area contributed by atoms with E-state index in [0.29, 0.717) is 17.4 Å². The minimum Gasteiger partial charge on any atom is -0.387 e. The molecule has 0 rings (SSSR count). The molecular weight excluding hydrogens is 876 g/mol. The summed E-state index contributed by atoms with van der Waals surface area (Å²) in [4.78, 5) is 23.3. The van der Waals surface area contributed by atoms with E-state index < -0.39 is 20.0 Å². The first kappa shape index (κ1) is 67.7. The Morgan fingerprint density at radius 1 is 0.478 bits per heavy atom. The largest absolute Gasteiger partial charge is 0.472 e. The first-order valence-electron chi connectivity index (χ1n) is 29.9. The number of rotatable bonds is 55. The first-order valence-corrected chi connectivity index (χ1v) is 31.4. The molecule has 0 aliphatic carbocycles. The molecule has 408 valence electrons. The van der Waals surface area contributed by atoms with E-state index in [4.69, 9.17) is 9.05 Å². The van der Waals surface area contributed by atoms with E-state index in [1.807, 2.05) is 27.2 Å². The molecule has 0 aromatic carbocycles. The summed E-state index contributed by atoms with van der Waals surface area (Å²) in [6, 6.07) is -0.866. The second-order valence-electron chi connectivity index (χ2n) is 21.7. The van der Waals surface area contributed by atoms with Crippen molar-refractivity contribution >= 4 is 13.7 Å². The SMILES string of the molecule is CCCCCCCCC/C=C\CCCCCCCCCC(=O)NC(COP(=O)(O)OCC[N+](C)(C)C)C(O)/C=C/CC/C=C/CCCCCCCCCCCCCCCCCCCCCCCCC. The predicted octanol–water partition coefficient (Wildman–Crippen LogP) is 18.2. The smallest absolute Gasteiger partial charge is 0.387 e. The third kappa shape index (κ3) is 54.3. The summed E-state index contributed by atoms with van der Waals surface area (Å²) in [5.41, 5.74) is 0. The van der Waals surface area contributed by atoms with Gasteiger partial charge in [0.25, 0.3) is 0 Å². The van der Waals surface area contributed by atoms with Crippen LogP contribution in [-0.2, 0) is 18.4 Å². The average Bonchev–Trinajstić information content (AvgIpc) is 3.31. The van der Waals surface area contributed by atoms with Gasteiger partial charge in [-0.15, -0.1) is 0 Å². The number of nitrogens with zero attached hydrogens (tertiary/aromatic N) is 1. The molecule has 0 fully saturated rings. The van der Waals surface area contributed by atoms with E-state index in [2.05, 4.69) is 43.5 Å². The van der Waals surface area contributed by atoms with E-state index in [-0.39, 0.29) is 19.1 Å². The molecule has 0 heterocycles. The number of hydrogen-bond donors (Lipinski definition) is 3. The molecule has 9 heteroatoms. The lowest BCUT2D eigenvalue weighted by atomic mass is 10.0. The Labute approximate surface area is 429 Å². The summed E-state index contributed by atoms with van der Waals surface area (Å²) in [5, 5.41) is 13.9.